The molecule has 7 nitrogen and oxygen atoms in total. The number of rotatable bonds is 10. The molecule has 0 heterocycles. The predicted molar refractivity (Wildman–Crippen MR) is 121 cm³/mol. The molecule has 0 aliphatic heterocycles. The molecule has 3 rings (SSSR count). The van der Waals surface area contributed by atoms with Crippen molar-refractivity contribution in [2.24, 2.45) is 0 Å². The standard InChI is InChI=1S/C21H26BrN3O4S/c1-3-29-20-10-7-16(14-19(20)22)24-30(27,28)18-6-4-5-15(13-18)21(26)23-11-12-25(2)17-8-9-17/h4-7,10,13-14,17,24H,3,8-9,11-12H2,1-2H3,(H,23,26). The average Bonchev–Trinajstić information content (AvgIpc) is 3.55. The number of likely N-dealkylation sites (N-methyl/N-ethyl adjacent to an activating group) is 1. The molecule has 1 aliphatic carbocycles. The molecule has 1 fully saturated rings. The van der Waals surface area contributed by atoms with Gasteiger partial charge in [-0.2, -0.15) is 0 Å². The van der Waals surface area contributed by atoms with Crippen LogP contribution in [0.3, 0.4) is 0 Å². The van der Waals surface area contributed by atoms with Crippen LogP contribution < -0.4 is 14.8 Å². The van der Waals surface area contributed by atoms with E-state index in [1.165, 1.54) is 25.0 Å². The molecule has 2 aromatic carbocycles. The zero-order chi connectivity index (χ0) is 21.7. The number of carbonyl (C=O) groups excluding carboxylic acids is 1. The zero-order valence-electron chi connectivity index (χ0n) is 17.0. The van der Waals surface area contributed by atoms with E-state index >= 15 is 0 Å². The summed E-state index contributed by atoms with van der Waals surface area (Å²) in [5, 5.41) is 2.85. The first kappa shape index (κ1) is 22.6. The molecule has 30 heavy (non-hydrogen) atoms. The summed E-state index contributed by atoms with van der Waals surface area (Å²) in [6.07, 6.45) is 2.42. The monoisotopic (exact) mass is 495 g/mol. The molecular weight excluding hydrogens is 470 g/mol. The van der Waals surface area contributed by atoms with Gasteiger partial charge in [0.2, 0.25) is 0 Å². The van der Waals surface area contributed by atoms with Crippen molar-refractivity contribution in [3.8, 4) is 5.75 Å². The second kappa shape index (κ2) is 9.80. The van der Waals surface area contributed by atoms with Crippen molar-refractivity contribution in [3.05, 3.63) is 52.5 Å². The summed E-state index contributed by atoms with van der Waals surface area (Å²) in [6.45, 7) is 3.66. The second-order valence-corrected chi connectivity index (χ2v) is 9.72. The van der Waals surface area contributed by atoms with Gasteiger partial charge in [-0.05, 0) is 79.1 Å². The third-order valence-corrected chi connectivity index (χ3v) is 6.81. The van der Waals surface area contributed by atoms with Crippen LogP contribution in [0.2, 0.25) is 0 Å². The quantitative estimate of drug-likeness (QED) is 0.526. The van der Waals surface area contributed by atoms with E-state index in [4.69, 9.17) is 4.74 Å². The lowest BCUT2D eigenvalue weighted by molar-refractivity contribution is 0.0949. The molecule has 1 amide bonds. The molecule has 1 aliphatic rings. The molecule has 162 valence electrons. The predicted octanol–water partition coefficient (Wildman–Crippen LogP) is 3.47. The summed E-state index contributed by atoms with van der Waals surface area (Å²) < 4.78 is 34.2. The highest BCUT2D eigenvalue weighted by Crippen LogP contribution is 2.29. The number of nitrogens with zero attached hydrogens (tertiary/aromatic N) is 1. The van der Waals surface area contributed by atoms with Crippen molar-refractivity contribution in [1.29, 1.82) is 0 Å². The Balaban J connectivity index is 1.65. The molecule has 2 aromatic rings. The van der Waals surface area contributed by atoms with E-state index in [0.717, 1.165) is 6.54 Å². The molecule has 1 saturated carbocycles. The minimum atomic E-state index is -3.85. The highest BCUT2D eigenvalue weighted by Gasteiger charge is 2.25. The van der Waals surface area contributed by atoms with Crippen molar-refractivity contribution in [3.63, 3.8) is 0 Å². The van der Waals surface area contributed by atoms with Gasteiger partial charge in [0, 0.05) is 24.7 Å². The lowest BCUT2D eigenvalue weighted by Crippen LogP contribution is -2.34. The van der Waals surface area contributed by atoms with Gasteiger partial charge in [-0.15, -0.1) is 0 Å². The Morgan fingerprint density at radius 3 is 2.67 bits per heavy atom. The van der Waals surface area contributed by atoms with Gasteiger partial charge in [-0.3, -0.25) is 9.52 Å². The van der Waals surface area contributed by atoms with Crippen LogP contribution in [0.25, 0.3) is 0 Å². The van der Waals surface area contributed by atoms with Gasteiger partial charge in [-0.25, -0.2) is 8.42 Å². The van der Waals surface area contributed by atoms with Crippen LogP contribution in [0, 0.1) is 0 Å². The van der Waals surface area contributed by atoms with E-state index in [2.05, 4.69) is 30.9 Å². The molecule has 9 heteroatoms. The number of sulfonamides is 1. The van der Waals surface area contributed by atoms with Crippen molar-refractivity contribution in [2.45, 2.75) is 30.7 Å². The van der Waals surface area contributed by atoms with Crippen LogP contribution in [0.5, 0.6) is 5.75 Å². The van der Waals surface area contributed by atoms with Crippen LogP contribution in [0.4, 0.5) is 5.69 Å². The summed E-state index contributed by atoms with van der Waals surface area (Å²) in [7, 11) is -1.80. The van der Waals surface area contributed by atoms with Gasteiger partial charge in [-0.1, -0.05) is 6.07 Å². The summed E-state index contributed by atoms with van der Waals surface area (Å²) in [5.74, 6) is 0.339. The zero-order valence-corrected chi connectivity index (χ0v) is 19.4. The maximum atomic E-state index is 12.8. The molecule has 0 aromatic heterocycles. The lowest BCUT2D eigenvalue weighted by atomic mass is 10.2. The number of anilines is 1. The molecule has 0 saturated heterocycles. The number of amides is 1. The third kappa shape index (κ3) is 5.96. The summed E-state index contributed by atoms with van der Waals surface area (Å²) in [5.41, 5.74) is 0.697. The lowest BCUT2D eigenvalue weighted by Gasteiger charge is -2.16. The molecule has 0 radical (unpaired) electrons. The number of hydrogen-bond acceptors (Lipinski definition) is 5. The molecule has 0 spiro atoms. The number of benzene rings is 2. The van der Waals surface area contributed by atoms with Gasteiger partial charge >= 0.3 is 0 Å². The van der Waals surface area contributed by atoms with Gasteiger partial charge in [0.05, 0.1) is 21.7 Å². The number of hydrogen-bond donors (Lipinski definition) is 2. The van der Waals surface area contributed by atoms with E-state index in [0.29, 0.717) is 40.7 Å². The van der Waals surface area contributed by atoms with Gasteiger partial charge in [0.1, 0.15) is 5.75 Å². The van der Waals surface area contributed by atoms with Crippen LogP contribution >= 0.6 is 15.9 Å². The van der Waals surface area contributed by atoms with E-state index in [-0.39, 0.29) is 10.8 Å². The Kier molecular flexibility index (Phi) is 7.38. The van der Waals surface area contributed by atoms with Gasteiger partial charge in [0.15, 0.2) is 0 Å². The fraction of sp³-hybridized carbons (Fsp3) is 0.381. The first-order chi connectivity index (χ1) is 14.3. The van der Waals surface area contributed by atoms with Crippen LogP contribution in [0.15, 0.2) is 51.8 Å². The van der Waals surface area contributed by atoms with Crippen LogP contribution in [0.1, 0.15) is 30.1 Å². The Labute approximate surface area is 186 Å². The van der Waals surface area contributed by atoms with E-state index in [1.54, 1.807) is 30.3 Å². The smallest absolute Gasteiger partial charge is 0.261 e. The number of ether oxygens (including phenoxy) is 1. The summed E-state index contributed by atoms with van der Waals surface area (Å²) in [4.78, 5) is 14.7. The maximum Gasteiger partial charge on any atom is 0.261 e. The highest BCUT2D eigenvalue weighted by molar-refractivity contribution is 9.10. The van der Waals surface area contributed by atoms with Crippen molar-refractivity contribution in [1.82, 2.24) is 10.2 Å². The summed E-state index contributed by atoms with van der Waals surface area (Å²) >= 11 is 3.37. The Bertz CT molecular complexity index is 1010. The maximum absolute atomic E-state index is 12.8. The molecular formula is C21H26BrN3O4S. The number of nitrogens with one attached hydrogen (secondary N) is 2. The SMILES string of the molecule is CCOc1ccc(NS(=O)(=O)c2cccc(C(=O)NCCN(C)C3CC3)c2)cc1Br. The number of carbonyl (C=O) groups is 1. The average molecular weight is 496 g/mol. The van der Waals surface area contributed by atoms with Crippen LogP contribution in [-0.4, -0.2) is 52.0 Å². The van der Waals surface area contributed by atoms with E-state index in [1.807, 2.05) is 14.0 Å². The van der Waals surface area contributed by atoms with E-state index in [9.17, 15) is 13.2 Å². The second-order valence-electron chi connectivity index (χ2n) is 7.18. The van der Waals surface area contributed by atoms with Crippen molar-refractivity contribution < 1.29 is 17.9 Å². The largest absolute Gasteiger partial charge is 0.493 e. The molecule has 2 N–H and O–H groups in total. The topological polar surface area (TPSA) is 87.7 Å². The van der Waals surface area contributed by atoms with Gasteiger partial charge < -0.3 is 15.0 Å². The van der Waals surface area contributed by atoms with Gasteiger partial charge in [0.25, 0.3) is 15.9 Å². The van der Waals surface area contributed by atoms with Crippen molar-refractivity contribution in [2.75, 3.05) is 31.5 Å². The van der Waals surface area contributed by atoms with Crippen molar-refractivity contribution >= 4 is 37.5 Å². The highest BCUT2D eigenvalue weighted by atomic mass is 79.9. The first-order valence-electron chi connectivity index (χ1n) is 9.84. The summed E-state index contributed by atoms with van der Waals surface area (Å²) in [6, 6.07) is 11.6. The minimum Gasteiger partial charge on any atom is -0.493 e. The molecule has 0 unspecified atom stereocenters. The Hall–Kier alpha value is -2.10. The molecule has 0 atom stereocenters. The third-order valence-electron chi connectivity index (χ3n) is 4.81. The Morgan fingerprint density at radius 2 is 2.00 bits per heavy atom. The van der Waals surface area contributed by atoms with E-state index < -0.39 is 10.0 Å². The Morgan fingerprint density at radius 1 is 1.23 bits per heavy atom. The normalized spacial score (nSPS) is 13.9. The number of halogens is 1. The fourth-order valence-electron chi connectivity index (χ4n) is 3.00. The molecule has 0 bridgehead atoms. The minimum absolute atomic E-state index is 0.0234. The fourth-order valence-corrected chi connectivity index (χ4v) is 4.59. The first-order valence-corrected chi connectivity index (χ1v) is 12.1. The van der Waals surface area contributed by atoms with Crippen LogP contribution in [-0.2, 0) is 10.0 Å².